The smallest absolute Gasteiger partial charge is 0.119 e. The van der Waals surface area contributed by atoms with E-state index in [1.165, 1.54) is 16.7 Å². The van der Waals surface area contributed by atoms with E-state index in [1.807, 2.05) is 24.3 Å². The number of hydrogen-bond acceptors (Lipinski definition) is 2. The van der Waals surface area contributed by atoms with Crippen molar-refractivity contribution >= 4 is 11.6 Å². The molecule has 0 saturated heterocycles. The molecule has 0 radical (unpaired) electrons. The van der Waals surface area contributed by atoms with Crippen LogP contribution in [0.3, 0.4) is 0 Å². The molecule has 0 aliphatic heterocycles. The lowest BCUT2D eigenvalue weighted by Gasteiger charge is -2.08. The normalized spacial score (nSPS) is 11.4. The van der Waals surface area contributed by atoms with Crippen molar-refractivity contribution in [2.45, 2.75) is 46.5 Å². The van der Waals surface area contributed by atoms with Gasteiger partial charge in [0.05, 0.1) is 13.2 Å². The van der Waals surface area contributed by atoms with Gasteiger partial charge in [0.15, 0.2) is 0 Å². The highest BCUT2D eigenvalue weighted by atomic mass is 16.5. The first-order chi connectivity index (χ1) is 12.2. The maximum absolute atomic E-state index is 5.72. The molecule has 2 heteroatoms. The van der Waals surface area contributed by atoms with Gasteiger partial charge in [-0.15, -0.1) is 0 Å². The number of allylic oxidation sites excluding steroid dienone is 1. The van der Waals surface area contributed by atoms with Crippen LogP contribution in [0.1, 0.15) is 57.6 Å². The first-order valence-corrected chi connectivity index (χ1v) is 9.37. The molecule has 0 fully saturated rings. The average Bonchev–Trinajstić information content (AvgIpc) is 2.64. The van der Waals surface area contributed by atoms with Crippen LogP contribution in [-0.4, -0.2) is 13.2 Å². The van der Waals surface area contributed by atoms with E-state index in [-0.39, 0.29) is 0 Å². The van der Waals surface area contributed by atoms with E-state index in [1.54, 1.807) is 0 Å². The summed E-state index contributed by atoms with van der Waals surface area (Å²) in [4.78, 5) is 0. The number of ether oxygens (including phenoxy) is 2. The fourth-order valence-electron chi connectivity index (χ4n) is 2.48. The molecule has 0 atom stereocenters. The first-order valence-electron chi connectivity index (χ1n) is 9.37. The molecule has 0 aliphatic rings. The maximum atomic E-state index is 5.72. The molecule has 134 valence electrons. The van der Waals surface area contributed by atoms with Crippen molar-refractivity contribution in [1.82, 2.24) is 0 Å². The summed E-state index contributed by atoms with van der Waals surface area (Å²) in [5, 5.41) is 0. The standard InChI is InChI=1S/C23H30O2/c1-4-6-16-24-22-12-8-20(9-13-22)18-19(3)21-10-14-23(15-11-21)25-17-7-5-2/h8-15,18H,4-7,16-17H2,1-3H3/b19-18+. The summed E-state index contributed by atoms with van der Waals surface area (Å²) in [6, 6.07) is 16.6. The van der Waals surface area contributed by atoms with Gasteiger partial charge in [0.2, 0.25) is 0 Å². The van der Waals surface area contributed by atoms with Crippen molar-refractivity contribution in [1.29, 1.82) is 0 Å². The molecule has 2 rings (SSSR count). The van der Waals surface area contributed by atoms with Crippen molar-refractivity contribution in [3.63, 3.8) is 0 Å². The predicted molar refractivity (Wildman–Crippen MR) is 107 cm³/mol. The Balaban J connectivity index is 1.95. The summed E-state index contributed by atoms with van der Waals surface area (Å²) in [5.41, 5.74) is 3.63. The van der Waals surface area contributed by atoms with Crippen molar-refractivity contribution in [3.8, 4) is 11.5 Å². The molecule has 0 unspecified atom stereocenters. The van der Waals surface area contributed by atoms with Crippen LogP contribution in [0, 0.1) is 0 Å². The molecule has 2 aromatic rings. The van der Waals surface area contributed by atoms with E-state index >= 15 is 0 Å². The molecular weight excluding hydrogens is 308 g/mol. The van der Waals surface area contributed by atoms with Crippen LogP contribution < -0.4 is 9.47 Å². The lowest BCUT2D eigenvalue weighted by atomic mass is 10.0. The molecule has 2 nitrogen and oxygen atoms in total. The van der Waals surface area contributed by atoms with Gasteiger partial charge in [-0.3, -0.25) is 0 Å². The molecule has 0 aromatic heterocycles. The monoisotopic (exact) mass is 338 g/mol. The predicted octanol–water partition coefficient (Wildman–Crippen LogP) is 6.60. The van der Waals surface area contributed by atoms with Crippen LogP contribution in [0.5, 0.6) is 11.5 Å². The van der Waals surface area contributed by atoms with Crippen LogP contribution in [0.4, 0.5) is 0 Å². The van der Waals surface area contributed by atoms with Crippen molar-refractivity contribution in [2.24, 2.45) is 0 Å². The van der Waals surface area contributed by atoms with Crippen LogP contribution in [0.25, 0.3) is 11.6 Å². The Morgan fingerprint density at radius 3 is 1.72 bits per heavy atom. The van der Waals surface area contributed by atoms with Gasteiger partial charge in [-0.25, -0.2) is 0 Å². The first kappa shape index (κ1) is 19.1. The minimum absolute atomic E-state index is 0.789. The van der Waals surface area contributed by atoms with E-state index < -0.39 is 0 Å². The lowest BCUT2D eigenvalue weighted by molar-refractivity contribution is 0.309. The molecule has 0 amide bonds. The summed E-state index contributed by atoms with van der Waals surface area (Å²) in [5.74, 6) is 1.88. The molecule has 0 heterocycles. The largest absolute Gasteiger partial charge is 0.494 e. The Morgan fingerprint density at radius 2 is 1.24 bits per heavy atom. The molecule has 0 saturated carbocycles. The maximum Gasteiger partial charge on any atom is 0.119 e. The molecular formula is C23H30O2. The van der Waals surface area contributed by atoms with Gasteiger partial charge in [-0.2, -0.15) is 0 Å². The number of unbranched alkanes of at least 4 members (excludes halogenated alkanes) is 2. The van der Waals surface area contributed by atoms with Crippen LogP contribution in [0.15, 0.2) is 48.5 Å². The number of benzene rings is 2. The molecule has 25 heavy (non-hydrogen) atoms. The van der Waals surface area contributed by atoms with Gasteiger partial charge in [0, 0.05) is 0 Å². The third-order valence-electron chi connectivity index (χ3n) is 4.11. The van der Waals surface area contributed by atoms with Crippen molar-refractivity contribution in [2.75, 3.05) is 13.2 Å². The summed E-state index contributed by atoms with van der Waals surface area (Å²) < 4.78 is 11.4. The molecule has 0 aliphatic carbocycles. The van der Waals surface area contributed by atoms with Gasteiger partial charge in [0.1, 0.15) is 11.5 Å². The zero-order valence-corrected chi connectivity index (χ0v) is 15.8. The fraction of sp³-hybridized carbons (Fsp3) is 0.391. The Morgan fingerprint density at radius 1 is 0.760 bits per heavy atom. The van der Waals surface area contributed by atoms with E-state index in [0.29, 0.717) is 0 Å². The average molecular weight is 338 g/mol. The van der Waals surface area contributed by atoms with Crippen LogP contribution >= 0.6 is 0 Å². The minimum Gasteiger partial charge on any atom is -0.494 e. The SMILES string of the molecule is CCCCOc1ccc(/C=C(\C)c2ccc(OCCCC)cc2)cc1. The zero-order valence-electron chi connectivity index (χ0n) is 15.8. The van der Waals surface area contributed by atoms with Crippen LogP contribution in [-0.2, 0) is 0 Å². The summed E-state index contributed by atoms with van der Waals surface area (Å²) >= 11 is 0. The van der Waals surface area contributed by atoms with Gasteiger partial charge < -0.3 is 9.47 Å². The minimum atomic E-state index is 0.789. The zero-order chi connectivity index (χ0) is 17.9. The quantitative estimate of drug-likeness (QED) is 0.359. The van der Waals surface area contributed by atoms with E-state index in [0.717, 1.165) is 50.4 Å². The molecule has 0 spiro atoms. The lowest BCUT2D eigenvalue weighted by Crippen LogP contribution is -1.96. The molecule has 0 N–H and O–H groups in total. The Labute approximate surface area is 152 Å². The molecule has 2 aromatic carbocycles. The second-order valence-electron chi connectivity index (χ2n) is 6.32. The number of rotatable bonds is 10. The Bertz CT molecular complexity index is 639. The Hall–Kier alpha value is -2.22. The van der Waals surface area contributed by atoms with Crippen LogP contribution in [0.2, 0.25) is 0 Å². The van der Waals surface area contributed by atoms with Crippen molar-refractivity contribution < 1.29 is 9.47 Å². The van der Waals surface area contributed by atoms with E-state index in [4.69, 9.17) is 9.47 Å². The third-order valence-corrected chi connectivity index (χ3v) is 4.11. The fourth-order valence-corrected chi connectivity index (χ4v) is 2.48. The third kappa shape index (κ3) is 6.66. The summed E-state index contributed by atoms with van der Waals surface area (Å²) in [7, 11) is 0. The van der Waals surface area contributed by atoms with Gasteiger partial charge in [-0.1, -0.05) is 57.0 Å². The highest BCUT2D eigenvalue weighted by Crippen LogP contribution is 2.22. The summed E-state index contributed by atoms with van der Waals surface area (Å²) in [6.07, 6.45) is 6.70. The highest BCUT2D eigenvalue weighted by molar-refractivity contribution is 5.80. The Kier molecular flexibility index (Phi) is 8.11. The summed E-state index contributed by atoms with van der Waals surface area (Å²) in [6.45, 7) is 8.06. The van der Waals surface area contributed by atoms with Gasteiger partial charge in [-0.05, 0) is 60.7 Å². The second kappa shape index (κ2) is 10.6. The second-order valence-corrected chi connectivity index (χ2v) is 6.32. The van der Waals surface area contributed by atoms with E-state index in [2.05, 4.69) is 51.1 Å². The highest BCUT2D eigenvalue weighted by Gasteiger charge is 1.99. The topological polar surface area (TPSA) is 18.5 Å². The van der Waals surface area contributed by atoms with Crippen molar-refractivity contribution in [3.05, 3.63) is 59.7 Å². The number of hydrogen-bond donors (Lipinski definition) is 0. The molecule has 0 bridgehead atoms. The van der Waals surface area contributed by atoms with Gasteiger partial charge in [0.25, 0.3) is 0 Å². The van der Waals surface area contributed by atoms with Gasteiger partial charge >= 0.3 is 0 Å². The van der Waals surface area contributed by atoms with E-state index in [9.17, 15) is 0 Å².